The van der Waals surface area contributed by atoms with Gasteiger partial charge in [0.2, 0.25) is 0 Å². The molecule has 0 bridgehead atoms. The minimum Gasteiger partial charge on any atom is -0.320 e. The van der Waals surface area contributed by atoms with Gasteiger partial charge in [-0.3, -0.25) is 4.98 Å². The van der Waals surface area contributed by atoms with Gasteiger partial charge in [-0.2, -0.15) is 0 Å². The number of nitrogens with two attached hydrogens (primary N) is 1. The first kappa shape index (κ1) is 14.1. The third kappa shape index (κ3) is 2.80. The van der Waals surface area contributed by atoms with E-state index in [0.717, 1.165) is 45.6 Å². The van der Waals surface area contributed by atoms with E-state index in [4.69, 9.17) is 5.73 Å². The number of rotatable bonds is 4. The van der Waals surface area contributed by atoms with Crippen LogP contribution in [0.4, 0.5) is 0 Å². The molecule has 1 aromatic carbocycles. The molecule has 2 N–H and O–H groups in total. The lowest BCUT2D eigenvalue weighted by Gasteiger charge is -2.12. The minimum absolute atomic E-state index is 0.169. The lowest BCUT2D eigenvalue weighted by atomic mass is 10.0. The van der Waals surface area contributed by atoms with E-state index in [2.05, 4.69) is 39.7 Å². The van der Waals surface area contributed by atoms with E-state index < -0.39 is 0 Å². The summed E-state index contributed by atoms with van der Waals surface area (Å²) >= 11 is 1.40. The van der Waals surface area contributed by atoms with Gasteiger partial charge >= 0.3 is 0 Å². The van der Waals surface area contributed by atoms with Gasteiger partial charge in [0, 0.05) is 11.1 Å². The van der Waals surface area contributed by atoms with Crippen molar-refractivity contribution >= 4 is 22.4 Å². The zero-order valence-corrected chi connectivity index (χ0v) is 13.0. The molecule has 0 fully saturated rings. The van der Waals surface area contributed by atoms with Crippen LogP contribution in [0.25, 0.3) is 10.9 Å². The number of hydrogen-bond donors (Lipinski definition) is 1. The molecule has 0 amide bonds. The molecule has 4 nitrogen and oxygen atoms in total. The van der Waals surface area contributed by atoms with Crippen LogP contribution in [0.5, 0.6) is 0 Å². The topological polar surface area (TPSA) is 64.7 Å². The van der Waals surface area contributed by atoms with E-state index in [0.29, 0.717) is 0 Å². The van der Waals surface area contributed by atoms with Gasteiger partial charge in [0.25, 0.3) is 0 Å². The minimum atomic E-state index is -0.169. The van der Waals surface area contributed by atoms with E-state index in [1.807, 2.05) is 19.1 Å². The van der Waals surface area contributed by atoms with Crippen LogP contribution in [0.15, 0.2) is 30.3 Å². The standard InChI is InChI=1S/C16H18N4S/c1-3-4-14-16(21-20-19-14)15(17)12-7-8-13-11(9-12)6-5-10(2)18-13/h5-9,15H,3-4,17H2,1-2H3. The first-order valence-corrected chi connectivity index (χ1v) is 7.90. The Kier molecular flexibility index (Phi) is 3.94. The molecule has 1 unspecified atom stereocenters. The zero-order valence-electron chi connectivity index (χ0n) is 12.2. The Morgan fingerprint density at radius 3 is 2.90 bits per heavy atom. The van der Waals surface area contributed by atoms with Gasteiger partial charge in [0.05, 0.1) is 22.1 Å². The van der Waals surface area contributed by atoms with Crippen molar-refractivity contribution in [2.24, 2.45) is 5.73 Å². The number of nitrogens with zero attached hydrogens (tertiary/aromatic N) is 3. The number of aromatic nitrogens is 3. The van der Waals surface area contributed by atoms with E-state index in [9.17, 15) is 0 Å². The van der Waals surface area contributed by atoms with Crippen molar-refractivity contribution in [1.29, 1.82) is 0 Å². The van der Waals surface area contributed by atoms with Crippen molar-refractivity contribution in [3.63, 3.8) is 0 Å². The number of hydrogen-bond acceptors (Lipinski definition) is 5. The molecule has 3 rings (SSSR count). The average Bonchev–Trinajstić information content (AvgIpc) is 2.94. The zero-order chi connectivity index (χ0) is 14.8. The molecule has 0 radical (unpaired) electrons. The second-order valence-electron chi connectivity index (χ2n) is 5.22. The summed E-state index contributed by atoms with van der Waals surface area (Å²) in [6.45, 7) is 4.14. The SMILES string of the molecule is CCCc1nnsc1C(N)c1ccc2nc(C)ccc2c1. The molecule has 2 heterocycles. The van der Waals surface area contributed by atoms with Crippen molar-refractivity contribution in [2.75, 3.05) is 0 Å². The third-order valence-electron chi connectivity index (χ3n) is 3.57. The van der Waals surface area contributed by atoms with Crippen molar-refractivity contribution in [3.8, 4) is 0 Å². The summed E-state index contributed by atoms with van der Waals surface area (Å²) < 4.78 is 4.06. The van der Waals surface area contributed by atoms with Crippen molar-refractivity contribution in [3.05, 3.63) is 52.2 Å². The predicted molar refractivity (Wildman–Crippen MR) is 86.4 cm³/mol. The molecular formula is C16H18N4S. The number of pyridine rings is 1. The second kappa shape index (κ2) is 5.87. The van der Waals surface area contributed by atoms with E-state index >= 15 is 0 Å². The molecule has 108 valence electrons. The quantitative estimate of drug-likeness (QED) is 0.802. The third-order valence-corrected chi connectivity index (χ3v) is 4.42. The number of benzene rings is 1. The molecule has 0 aliphatic carbocycles. The van der Waals surface area contributed by atoms with Gasteiger partial charge in [-0.15, -0.1) is 5.10 Å². The van der Waals surface area contributed by atoms with Gasteiger partial charge < -0.3 is 5.73 Å². The molecule has 1 atom stereocenters. The molecule has 0 saturated carbocycles. The van der Waals surface area contributed by atoms with Gasteiger partial charge in [-0.1, -0.05) is 30.0 Å². The summed E-state index contributed by atoms with van der Waals surface area (Å²) in [4.78, 5) is 5.59. The van der Waals surface area contributed by atoms with Crippen LogP contribution < -0.4 is 5.73 Å². The predicted octanol–water partition coefficient (Wildman–Crippen LogP) is 3.40. The maximum atomic E-state index is 6.42. The van der Waals surface area contributed by atoms with Crippen molar-refractivity contribution in [1.82, 2.24) is 14.6 Å². The van der Waals surface area contributed by atoms with Gasteiger partial charge in [-0.05, 0) is 48.6 Å². The molecule has 0 aliphatic heterocycles. The highest BCUT2D eigenvalue weighted by atomic mass is 32.1. The number of aryl methyl sites for hydroxylation is 2. The molecule has 0 saturated heterocycles. The first-order chi connectivity index (χ1) is 10.2. The van der Waals surface area contributed by atoms with Gasteiger partial charge in [0.1, 0.15) is 0 Å². The Hall–Kier alpha value is -1.85. The highest BCUT2D eigenvalue weighted by molar-refractivity contribution is 7.05. The summed E-state index contributed by atoms with van der Waals surface area (Å²) in [5.74, 6) is 0. The number of fused-ring (bicyclic) bond motifs is 1. The van der Waals surface area contributed by atoms with E-state index in [1.54, 1.807) is 0 Å². The lowest BCUT2D eigenvalue weighted by Crippen LogP contribution is -2.12. The van der Waals surface area contributed by atoms with Crippen LogP contribution in [0.3, 0.4) is 0 Å². The van der Waals surface area contributed by atoms with Gasteiger partial charge in [0.15, 0.2) is 0 Å². The van der Waals surface area contributed by atoms with Crippen molar-refractivity contribution < 1.29 is 0 Å². The summed E-state index contributed by atoms with van der Waals surface area (Å²) in [7, 11) is 0. The fourth-order valence-corrected chi connectivity index (χ4v) is 3.18. The smallest absolute Gasteiger partial charge is 0.0807 e. The van der Waals surface area contributed by atoms with Crippen LogP contribution in [-0.4, -0.2) is 14.6 Å². The lowest BCUT2D eigenvalue weighted by molar-refractivity contribution is 0.814. The fourth-order valence-electron chi connectivity index (χ4n) is 2.45. The maximum absolute atomic E-state index is 6.42. The Bertz CT molecular complexity index is 766. The molecule has 21 heavy (non-hydrogen) atoms. The molecule has 0 aliphatic rings. The second-order valence-corrected chi connectivity index (χ2v) is 6.00. The Morgan fingerprint density at radius 2 is 2.10 bits per heavy atom. The van der Waals surface area contributed by atoms with E-state index in [-0.39, 0.29) is 6.04 Å². The summed E-state index contributed by atoms with van der Waals surface area (Å²) in [6.07, 6.45) is 1.97. The molecule has 2 aromatic heterocycles. The van der Waals surface area contributed by atoms with E-state index in [1.165, 1.54) is 11.5 Å². The molecule has 3 aromatic rings. The monoisotopic (exact) mass is 298 g/mol. The normalized spacial score (nSPS) is 12.7. The summed E-state index contributed by atoms with van der Waals surface area (Å²) in [6, 6.07) is 10.1. The fraction of sp³-hybridized carbons (Fsp3) is 0.312. The molecule has 0 spiro atoms. The largest absolute Gasteiger partial charge is 0.320 e. The molecular weight excluding hydrogens is 280 g/mol. The Morgan fingerprint density at radius 1 is 1.24 bits per heavy atom. The van der Waals surface area contributed by atoms with Crippen LogP contribution in [-0.2, 0) is 6.42 Å². The van der Waals surface area contributed by atoms with Crippen molar-refractivity contribution in [2.45, 2.75) is 32.7 Å². The highest BCUT2D eigenvalue weighted by Crippen LogP contribution is 2.27. The van der Waals surface area contributed by atoms with Crippen LogP contribution in [0, 0.1) is 6.92 Å². The van der Waals surface area contributed by atoms with Crippen LogP contribution >= 0.6 is 11.5 Å². The summed E-state index contributed by atoms with van der Waals surface area (Å²) in [5, 5.41) is 5.32. The van der Waals surface area contributed by atoms with Gasteiger partial charge in [-0.25, -0.2) is 0 Å². The van der Waals surface area contributed by atoms with Crippen LogP contribution in [0.1, 0.15) is 41.2 Å². The molecule has 5 heteroatoms. The average molecular weight is 298 g/mol. The summed E-state index contributed by atoms with van der Waals surface area (Å²) in [5.41, 5.74) is 10.6. The Labute approximate surface area is 128 Å². The highest BCUT2D eigenvalue weighted by Gasteiger charge is 2.17. The first-order valence-electron chi connectivity index (χ1n) is 7.13. The Balaban J connectivity index is 1.99. The maximum Gasteiger partial charge on any atom is 0.0807 e. The van der Waals surface area contributed by atoms with Crippen LogP contribution in [0.2, 0.25) is 0 Å².